The van der Waals surface area contributed by atoms with Gasteiger partial charge in [0.25, 0.3) is 0 Å². The van der Waals surface area contributed by atoms with E-state index < -0.39 is 28.2 Å². The number of benzene rings is 1. The van der Waals surface area contributed by atoms with Crippen LogP contribution in [0.1, 0.15) is 62.4 Å². The van der Waals surface area contributed by atoms with E-state index >= 15 is 0 Å². The summed E-state index contributed by atoms with van der Waals surface area (Å²) in [5, 5.41) is 20.3. The Labute approximate surface area is 200 Å². The number of ether oxygens (including phenoxy) is 1. The van der Waals surface area contributed by atoms with Crippen molar-refractivity contribution >= 4 is 18.2 Å². The van der Waals surface area contributed by atoms with E-state index in [-0.39, 0.29) is 36.5 Å². The first-order valence-corrected chi connectivity index (χ1v) is 12.5. The quantitative estimate of drug-likeness (QED) is 0.421. The van der Waals surface area contributed by atoms with Gasteiger partial charge in [-0.15, -0.1) is 0 Å². The van der Waals surface area contributed by atoms with Gasteiger partial charge in [0.1, 0.15) is 11.7 Å². The first-order valence-electron chi connectivity index (χ1n) is 12.5. The van der Waals surface area contributed by atoms with Crippen LogP contribution in [0.15, 0.2) is 35.9 Å². The molecule has 0 spiro atoms. The number of carboxylic acids is 2. The van der Waals surface area contributed by atoms with Crippen molar-refractivity contribution in [3.8, 4) is 0 Å². The largest absolute Gasteiger partial charge is 0.481 e. The SMILES string of the molecule is CC(C)C1=CC2CC3(C=O)C4CCC(C)C4CC2(COCc2cccc(C(=O)O)c2)C13C(=O)O. The fourth-order valence-electron chi connectivity index (χ4n) is 8.78. The molecule has 182 valence electrons. The number of aliphatic carboxylic acids is 1. The van der Waals surface area contributed by atoms with Gasteiger partial charge in [0.05, 0.1) is 24.2 Å². The summed E-state index contributed by atoms with van der Waals surface area (Å²) in [6.45, 7) is 6.77. The van der Waals surface area contributed by atoms with Gasteiger partial charge >= 0.3 is 11.9 Å². The van der Waals surface area contributed by atoms with E-state index in [9.17, 15) is 24.6 Å². The number of rotatable bonds is 8. The molecule has 0 radical (unpaired) electrons. The van der Waals surface area contributed by atoms with Crippen LogP contribution in [0, 0.1) is 45.8 Å². The molecule has 0 saturated heterocycles. The predicted molar refractivity (Wildman–Crippen MR) is 125 cm³/mol. The first-order chi connectivity index (χ1) is 16.1. The summed E-state index contributed by atoms with van der Waals surface area (Å²) >= 11 is 0. The van der Waals surface area contributed by atoms with Crippen LogP contribution in [0.25, 0.3) is 0 Å². The number of allylic oxidation sites excluding steroid dienone is 1. The second-order valence-electron chi connectivity index (χ2n) is 11.5. The highest BCUT2D eigenvalue weighted by Crippen LogP contribution is 2.82. The zero-order valence-corrected chi connectivity index (χ0v) is 20.1. The van der Waals surface area contributed by atoms with Crippen molar-refractivity contribution in [1.29, 1.82) is 0 Å². The third kappa shape index (κ3) is 2.69. The molecule has 6 heteroatoms. The van der Waals surface area contributed by atoms with Crippen molar-refractivity contribution in [2.45, 2.75) is 53.1 Å². The molecule has 4 bridgehead atoms. The molecule has 34 heavy (non-hydrogen) atoms. The molecule has 1 aromatic rings. The third-order valence-electron chi connectivity index (χ3n) is 9.92. The number of hydrogen-bond donors (Lipinski definition) is 2. The van der Waals surface area contributed by atoms with E-state index in [0.717, 1.165) is 36.7 Å². The minimum atomic E-state index is -1.24. The molecule has 0 amide bonds. The Morgan fingerprint density at radius 3 is 2.62 bits per heavy atom. The highest BCUT2D eigenvalue weighted by Gasteiger charge is 2.84. The molecule has 4 aliphatic rings. The molecule has 3 fully saturated rings. The first kappa shape index (κ1) is 23.3. The lowest BCUT2D eigenvalue weighted by atomic mass is 9.43. The van der Waals surface area contributed by atoms with Crippen LogP contribution in [0.4, 0.5) is 0 Å². The van der Waals surface area contributed by atoms with E-state index in [0.29, 0.717) is 18.3 Å². The van der Waals surface area contributed by atoms with Crippen LogP contribution in [-0.2, 0) is 20.9 Å². The maximum Gasteiger partial charge on any atom is 0.335 e. The Morgan fingerprint density at radius 2 is 1.97 bits per heavy atom. The lowest BCUT2D eigenvalue weighted by Crippen LogP contribution is -2.63. The monoisotopic (exact) mass is 466 g/mol. The summed E-state index contributed by atoms with van der Waals surface area (Å²) in [6, 6.07) is 6.66. The zero-order chi connectivity index (χ0) is 24.5. The highest BCUT2D eigenvalue weighted by molar-refractivity contribution is 5.90. The summed E-state index contributed by atoms with van der Waals surface area (Å²) in [7, 11) is 0. The van der Waals surface area contributed by atoms with Gasteiger partial charge in [-0.2, -0.15) is 0 Å². The number of carbonyl (C=O) groups is 3. The molecule has 6 nitrogen and oxygen atoms in total. The van der Waals surface area contributed by atoms with Gasteiger partial charge in [-0.25, -0.2) is 4.79 Å². The van der Waals surface area contributed by atoms with Crippen molar-refractivity contribution in [1.82, 2.24) is 0 Å². The van der Waals surface area contributed by atoms with Crippen LogP contribution in [-0.4, -0.2) is 35.0 Å². The predicted octanol–water partition coefficient (Wildman–Crippen LogP) is 4.83. The smallest absolute Gasteiger partial charge is 0.335 e. The number of carbonyl (C=O) groups excluding carboxylic acids is 1. The van der Waals surface area contributed by atoms with Crippen LogP contribution < -0.4 is 0 Å². The van der Waals surface area contributed by atoms with Crippen molar-refractivity contribution in [2.24, 2.45) is 45.8 Å². The second kappa shape index (κ2) is 7.77. The summed E-state index contributed by atoms with van der Waals surface area (Å²) in [5.41, 5.74) is -0.951. The summed E-state index contributed by atoms with van der Waals surface area (Å²) in [6.07, 6.45) is 6.48. The summed E-state index contributed by atoms with van der Waals surface area (Å²) < 4.78 is 6.27. The standard InChI is InChI=1S/C28H34O6/c1-16(2)23-10-20-11-26(14-29)22-8-7-17(3)21(22)12-27(20,28(23,26)25(32)33)15-34-13-18-5-4-6-19(9-18)24(30)31/h4-6,9-10,14,16-17,20-22H,7-8,11-13,15H2,1-3H3,(H,30,31)(H,32,33). The van der Waals surface area contributed by atoms with E-state index in [1.165, 1.54) is 0 Å². The molecule has 3 saturated carbocycles. The maximum absolute atomic E-state index is 13.4. The van der Waals surface area contributed by atoms with Gasteiger partial charge in [0.2, 0.25) is 0 Å². The van der Waals surface area contributed by atoms with Crippen molar-refractivity contribution in [2.75, 3.05) is 6.61 Å². The summed E-state index contributed by atoms with van der Waals surface area (Å²) in [4.78, 5) is 37.7. The van der Waals surface area contributed by atoms with Gasteiger partial charge in [0.15, 0.2) is 0 Å². The molecule has 7 unspecified atom stereocenters. The Hall–Kier alpha value is -2.47. The van der Waals surface area contributed by atoms with Gasteiger partial charge in [0, 0.05) is 5.41 Å². The summed E-state index contributed by atoms with van der Waals surface area (Å²) in [5.74, 6) is -0.965. The van der Waals surface area contributed by atoms with Crippen LogP contribution in [0.2, 0.25) is 0 Å². The van der Waals surface area contributed by atoms with E-state index in [1.807, 2.05) is 19.9 Å². The average Bonchev–Trinajstić information content (AvgIpc) is 3.36. The molecule has 5 rings (SSSR count). The van der Waals surface area contributed by atoms with Crippen LogP contribution in [0.3, 0.4) is 0 Å². The lowest BCUT2D eigenvalue weighted by Gasteiger charge is -2.58. The van der Waals surface area contributed by atoms with Crippen molar-refractivity contribution in [3.05, 3.63) is 47.0 Å². The third-order valence-corrected chi connectivity index (χ3v) is 9.92. The minimum absolute atomic E-state index is 0.00523. The second-order valence-corrected chi connectivity index (χ2v) is 11.5. The molecular formula is C28H34O6. The van der Waals surface area contributed by atoms with Gasteiger partial charge < -0.3 is 19.7 Å². The molecule has 1 aromatic carbocycles. The molecule has 0 aromatic heterocycles. The maximum atomic E-state index is 13.4. The lowest BCUT2D eigenvalue weighted by molar-refractivity contribution is -0.187. The van der Waals surface area contributed by atoms with Gasteiger partial charge in [-0.05, 0) is 66.5 Å². The molecular weight excluding hydrogens is 432 g/mol. The van der Waals surface area contributed by atoms with Crippen LogP contribution >= 0.6 is 0 Å². The minimum Gasteiger partial charge on any atom is -0.481 e. The number of carboxylic acid groups (broad SMARTS) is 2. The molecule has 4 aliphatic carbocycles. The molecule has 2 N–H and O–H groups in total. The van der Waals surface area contributed by atoms with E-state index in [4.69, 9.17) is 4.74 Å². The molecule has 7 atom stereocenters. The van der Waals surface area contributed by atoms with E-state index in [1.54, 1.807) is 18.2 Å². The number of aldehydes is 1. The van der Waals surface area contributed by atoms with Gasteiger partial charge in [-0.1, -0.05) is 51.0 Å². The Balaban J connectivity index is 1.56. The van der Waals surface area contributed by atoms with Crippen LogP contribution in [0.5, 0.6) is 0 Å². The fourth-order valence-corrected chi connectivity index (χ4v) is 8.78. The number of fused-ring (bicyclic) bond motifs is 2. The number of hydrogen-bond acceptors (Lipinski definition) is 4. The van der Waals surface area contributed by atoms with Gasteiger partial charge in [-0.3, -0.25) is 4.79 Å². The molecule has 0 aliphatic heterocycles. The normalized spacial score (nSPS) is 39.7. The Bertz CT molecular complexity index is 1070. The Morgan fingerprint density at radius 1 is 1.21 bits per heavy atom. The molecule has 0 heterocycles. The van der Waals surface area contributed by atoms with E-state index in [2.05, 4.69) is 13.0 Å². The van der Waals surface area contributed by atoms with Crippen molar-refractivity contribution < 1.29 is 29.3 Å². The Kier molecular flexibility index (Phi) is 5.32. The highest BCUT2D eigenvalue weighted by atomic mass is 16.5. The fraction of sp³-hybridized carbons (Fsp3) is 0.607. The number of aromatic carboxylic acids is 1. The van der Waals surface area contributed by atoms with Crippen molar-refractivity contribution in [3.63, 3.8) is 0 Å². The topological polar surface area (TPSA) is 101 Å². The zero-order valence-electron chi connectivity index (χ0n) is 20.1. The average molecular weight is 467 g/mol.